The number of rotatable bonds is 8. The van der Waals surface area contributed by atoms with Gasteiger partial charge in [-0.3, -0.25) is 0 Å². The molecule has 78 valence electrons. The molecular formula is C12H18OS. The normalized spacial score (nSPS) is 10.3. The van der Waals surface area contributed by atoms with Gasteiger partial charge in [0.25, 0.3) is 0 Å². The van der Waals surface area contributed by atoms with Crippen molar-refractivity contribution in [2.24, 2.45) is 0 Å². The van der Waals surface area contributed by atoms with Crippen molar-refractivity contribution in [3.8, 4) is 0 Å². The molecule has 0 unspecified atom stereocenters. The van der Waals surface area contributed by atoms with E-state index in [9.17, 15) is 4.79 Å². The van der Waals surface area contributed by atoms with E-state index < -0.39 is 0 Å². The fourth-order valence-corrected chi connectivity index (χ4v) is 2.26. The van der Waals surface area contributed by atoms with Crippen LogP contribution in [0.3, 0.4) is 0 Å². The highest BCUT2D eigenvalue weighted by molar-refractivity contribution is 7.09. The number of aldehydes is 1. The smallest absolute Gasteiger partial charge is 0.119 e. The third-order valence-corrected chi connectivity index (χ3v) is 3.26. The van der Waals surface area contributed by atoms with Crippen molar-refractivity contribution in [2.75, 3.05) is 0 Å². The Kier molecular flexibility index (Phi) is 6.33. The zero-order valence-corrected chi connectivity index (χ0v) is 9.39. The van der Waals surface area contributed by atoms with Crippen molar-refractivity contribution >= 4 is 17.6 Å². The number of aryl methyl sites for hydroxylation is 1. The Morgan fingerprint density at radius 2 is 1.93 bits per heavy atom. The molecule has 0 fully saturated rings. The molecule has 1 heterocycles. The highest BCUT2D eigenvalue weighted by Gasteiger charge is 1.94. The average Bonchev–Trinajstić information content (AvgIpc) is 2.69. The van der Waals surface area contributed by atoms with Crippen LogP contribution in [0.15, 0.2) is 17.5 Å². The number of carbonyl (C=O) groups is 1. The van der Waals surface area contributed by atoms with Crippen molar-refractivity contribution < 1.29 is 4.79 Å². The Morgan fingerprint density at radius 3 is 2.64 bits per heavy atom. The van der Waals surface area contributed by atoms with E-state index in [-0.39, 0.29) is 0 Å². The number of thiophene rings is 1. The van der Waals surface area contributed by atoms with Crippen molar-refractivity contribution in [3.63, 3.8) is 0 Å². The van der Waals surface area contributed by atoms with Gasteiger partial charge < -0.3 is 4.79 Å². The minimum absolute atomic E-state index is 0.741. The summed E-state index contributed by atoms with van der Waals surface area (Å²) in [7, 11) is 0. The van der Waals surface area contributed by atoms with Crippen LogP contribution in [0.2, 0.25) is 0 Å². The third-order valence-electron chi connectivity index (χ3n) is 2.33. The first-order valence-electron chi connectivity index (χ1n) is 5.39. The number of carbonyl (C=O) groups excluding carboxylic acids is 1. The molecule has 0 bridgehead atoms. The van der Waals surface area contributed by atoms with E-state index in [1.807, 2.05) is 11.3 Å². The standard InChI is InChI=1S/C12H18OS/c13-10-6-4-2-1-3-5-8-12-9-7-11-14-12/h7,9-11H,1-6,8H2. The van der Waals surface area contributed by atoms with Crippen LogP contribution in [0.1, 0.15) is 43.4 Å². The summed E-state index contributed by atoms with van der Waals surface area (Å²) in [6, 6.07) is 4.32. The second-order valence-corrected chi connectivity index (χ2v) is 4.58. The maximum Gasteiger partial charge on any atom is 0.119 e. The summed E-state index contributed by atoms with van der Waals surface area (Å²) in [6.45, 7) is 0. The van der Waals surface area contributed by atoms with E-state index in [4.69, 9.17) is 0 Å². The molecule has 0 aliphatic heterocycles. The van der Waals surface area contributed by atoms with Crippen molar-refractivity contribution in [1.29, 1.82) is 0 Å². The Hall–Kier alpha value is -0.630. The Morgan fingerprint density at radius 1 is 1.14 bits per heavy atom. The molecule has 0 atom stereocenters. The molecule has 0 radical (unpaired) electrons. The van der Waals surface area contributed by atoms with Gasteiger partial charge in [-0.15, -0.1) is 11.3 Å². The van der Waals surface area contributed by atoms with E-state index in [0.717, 1.165) is 19.1 Å². The third kappa shape index (κ3) is 5.18. The summed E-state index contributed by atoms with van der Waals surface area (Å²) in [5, 5.41) is 2.14. The van der Waals surface area contributed by atoms with Crippen LogP contribution < -0.4 is 0 Å². The van der Waals surface area contributed by atoms with Gasteiger partial charge in [-0.2, -0.15) is 0 Å². The summed E-state index contributed by atoms with van der Waals surface area (Å²) < 4.78 is 0. The summed E-state index contributed by atoms with van der Waals surface area (Å²) in [6.07, 6.45) is 9.14. The van der Waals surface area contributed by atoms with Gasteiger partial charge >= 0.3 is 0 Å². The molecule has 1 nitrogen and oxygen atoms in total. The monoisotopic (exact) mass is 210 g/mol. The number of hydrogen-bond acceptors (Lipinski definition) is 2. The zero-order chi connectivity index (χ0) is 10.1. The molecule has 0 saturated heterocycles. The molecule has 0 saturated carbocycles. The van der Waals surface area contributed by atoms with E-state index in [1.165, 1.54) is 37.0 Å². The van der Waals surface area contributed by atoms with E-state index >= 15 is 0 Å². The van der Waals surface area contributed by atoms with Crippen molar-refractivity contribution in [3.05, 3.63) is 22.4 Å². The highest BCUT2D eigenvalue weighted by Crippen LogP contribution is 2.13. The average molecular weight is 210 g/mol. The lowest BCUT2D eigenvalue weighted by molar-refractivity contribution is -0.107. The first-order chi connectivity index (χ1) is 6.93. The summed E-state index contributed by atoms with van der Waals surface area (Å²) in [5.74, 6) is 0. The van der Waals surface area contributed by atoms with Crippen LogP contribution in [-0.2, 0) is 11.2 Å². The SMILES string of the molecule is O=CCCCCCCCc1cccs1. The topological polar surface area (TPSA) is 17.1 Å². The molecule has 14 heavy (non-hydrogen) atoms. The van der Waals surface area contributed by atoms with Crippen LogP contribution in [0.25, 0.3) is 0 Å². The Bertz CT molecular complexity index is 228. The van der Waals surface area contributed by atoms with Crippen LogP contribution in [0, 0.1) is 0 Å². The van der Waals surface area contributed by atoms with Gasteiger partial charge in [0.05, 0.1) is 0 Å². The maximum atomic E-state index is 10.1. The minimum Gasteiger partial charge on any atom is -0.303 e. The van der Waals surface area contributed by atoms with E-state index in [0.29, 0.717) is 0 Å². The lowest BCUT2D eigenvalue weighted by Gasteiger charge is -1.98. The lowest BCUT2D eigenvalue weighted by Crippen LogP contribution is -1.83. The van der Waals surface area contributed by atoms with Gasteiger partial charge in [0.15, 0.2) is 0 Å². The molecule has 0 N–H and O–H groups in total. The predicted octanol–water partition coefficient (Wildman–Crippen LogP) is 3.83. The summed E-state index contributed by atoms with van der Waals surface area (Å²) >= 11 is 1.85. The first-order valence-corrected chi connectivity index (χ1v) is 6.27. The van der Waals surface area contributed by atoms with E-state index in [2.05, 4.69) is 17.5 Å². The molecule has 1 rings (SSSR count). The van der Waals surface area contributed by atoms with Crippen molar-refractivity contribution in [1.82, 2.24) is 0 Å². The second-order valence-electron chi connectivity index (χ2n) is 3.55. The molecule has 0 aliphatic rings. The molecular weight excluding hydrogens is 192 g/mol. The van der Waals surface area contributed by atoms with Gasteiger partial charge in [-0.25, -0.2) is 0 Å². The Labute approximate surface area is 90.2 Å². The van der Waals surface area contributed by atoms with Gasteiger partial charge in [0, 0.05) is 11.3 Å². The van der Waals surface area contributed by atoms with Gasteiger partial charge in [-0.05, 0) is 30.7 Å². The van der Waals surface area contributed by atoms with Gasteiger partial charge in [0.2, 0.25) is 0 Å². The predicted molar refractivity (Wildman–Crippen MR) is 61.8 cm³/mol. The molecule has 2 heteroatoms. The van der Waals surface area contributed by atoms with Gasteiger partial charge in [-0.1, -0.05) is 25.3 Å². The van der Waals surface area contributed by atoms with Crippen molar-refractivity contribution in [2.45, 2.75) is 44.9 Å². The van der Waals surface area contributed by atoms with Crippen LogP contribution in [0.4, 0.5) is 0 Å². The molecule has 0 spiro atoms. The van der Waals surface area contributed by atoms with Crippen LogP contribution in [0.5, 0.6) is 0 Å². The summed E-state index contributed by atoms with van der Waals surface area (Å²) in [5.41, 5.74) is 0. The molecule has 0 amide bonds. The molecule has 1 aromatic heterocycles. The fraction of sp³-hybridized carbons (Fsp3) is 0.583. The number of unbranched alkanes of at least 4 members (excludes halogenated alkanes) is 5. The first kappa shape index (κ1) is 11.4. The van der Waals surface area contributed by atoms with Crippen LogP contribution >= 0.6 is 11.3 Å². The van der Waals surface area contributed by atoms with Crippen LogP contribution in [-0.4, -0.2) is 6.29 Å². The van der Waals surface area contributed by atoms with E-state index in [1.54, 1.807) is 0 Å². The summed E-state index contributed by atoms with van der Waals surface area (Å²) in [4.78, 5) is 11.5. The Balaban J connectivity index is 1.87. The lowest BCUT2D eigenvalue weighted by atomic mass is 10.1. The molecule has 0 aromatic carbocycles. The largest absolute Gasteiger partial charge is 0.303 e. The highest BCUT2D eigenvalue weighted by atomic mass is 32.1. The number of hydrogen-bond donors (Lipinski definition) is 0. The zero-order valence-electron chi connectivity index (χ0n) is 8.58. The fourth-order valence-electron chi connectivity index (χ4n) is 1.51. The maximum absolute atomic E-state index is 10.1. The quantitative estimate of drug-likeness (QED) is 0.471. The minimum atomic E-state index is 0.741. The molecule has 1 aromatic rings. The van der Waals surface area contributed by atoms with Gasteiger partial charge in [0.1, 0.15) is 6.29 Å². The second kappa shape index (κ2) is 7.74. The molecule has 0 aliphatic carbocycles.